The maximum Gasteiger partial charge on any atom is 0.147 e. The van der Waals surface area contributed by atoms with Gasteiger partial charge in [-0.15, -0.1) is 0 Å². The average Bonchev–Trinajstić information content (AvgIpc) is 2.37. The van der Waals surface area contributed by atoms with Crippen LogP contribution in [0.5, 0.6) is 0 Å². The lowest BCUT2D eigenvalue weighted by atomic mass is 9.96. The van der Waals surface area contributed by atoms with Crippen LogP contribution in [0.3, 0.4) is 0 Å². The highest BCUT2D eigenvalue weighted by Crippen LogP contribution is 2.26. The van der Waals surface area contributed by atoms with Gasteiger partial charge >= 0.3 is 0 Å². The topological polar surface area (TPSA) is 63.8 Å². The lowest BCUT2D eigenvalue weighted by Gasteiger charge is -2.18. The molecule has 0 aliphatic heterocycles. The minimum Gasteiger partial charge on any atom is -0.308 e. The Morgan fingerprint density at radius 1 is 1.28 bits per heavy atom. The van der Waals surface area contributed by atoms with Crippen molar-refractivity contribution < 1.29 is 0 Å². The molecule has 0 saturated heterocycles. The van der Waals surface area contributed by atoms with Gasteiger partial charge < -0.3 is 5.43 Å². The highest BCUT2D eigenvalue weighted by molar-refractivity contribution is 7.98. The summed E-state index contributed by atoms with van der Waals surface area (Å²) >= 11 is 1.89. The number of thioether (sulfide) groups is 1. The maximum atomic E-state index is 5.57. The molecule has 0 amide bonds. The normalized spacial score (nSPS) is 14.7. The van der Waals surface area contributed by atoms with Crippen LogP contribution in [0.4, 0.5) is 5.82 Å². The lowest BCUT2D eigenvalue weighted by Crippen LogP contribution is -2.17. The zero-order valence-corrected chi connectivity index (χ0v) is 12.0. The molecule has 4 nitrogen and oxygen atoms in total. The van der Waals surface area contributed by atoms with Crippen LogP contribution in [0, 0.1) is 5.92 Å². The first-order valence-corrected chi connectivity index (χ1v) is 7.79. The maximum absolute atomic E-state index is 5.57. The molecule has 2 rings (SSSR count). The SMILES string of the molecule is CC(C)CSCc1nc2c(c(NN)n1)CCCC2. The largest absolute Gasteiger partial charge is 0.308 e. The molecule has 0 bridgehead atoms. The second-order valence-electron chi connectivity index (χ2n) is 5.17. The summed E-state index contributed by atoms with van der Waals surface area (Å²) in [6.45, 7) is 4.46. The number of hydrazine groups is 1. The second kappa shape index (κ2) is 6.38. The van der Waals surface area contributed by atoms with Gasteiger partial charge in [-0.3, -0.25) is 0 Å². The Morgan fingerprint density at radius 2 is 2.06 bits per heavy atom. The summed E-state index contributed by atoms with van der Waals surface area (Å²) in [5, 5.41) is 0. The molecule has 1 aliphatic rings. The molecule has 100 valence electrons. The summed E-state index contributed by atoms with van der Waals surface area (Å²) in [7, 11) is 0. The fourth-order valence-corrected chi connectivity index (χ4v) is 3.12. The summed E-state index contributed by atoms with van der Waals surface area (Å²) in [4.78, 5) is 9.22. The van der Waals surface area contributed by atoms with Gasteiger partial charge in [0.15, 0.2) is 0 Å². The van der Waals surface area contributed by atoms with Crippen LogP contribution >= 0.6 is 11.8 Å². The van der Waals surface area contributed by atoms with Gasteiger partial charge in [-0.1, -0.05) is 13.8 Å². The van der Waals surface area contributed by atoms with Crippen molar-refractivity contribution in [3.8, 4) is 0 Å². The Morgan fingerprint density at radius 3 is 2.78 bits per heavy atom. The Labute approximate surface area is 113 Å². The van der Waals surface area contributed by atoms with Crippen LogP contribution in [-0.4, -0.2) is 15.7 Å². The van der Waals surface area contributed by atoms with E-state index >= 15 is 0 Å². The van der Waals surface area contributed by atoms with E-state index < -0.39 is 0 Å². The van der Waals surface area contributed by atoms with Gasteiger partial charge in [0, 0.05) is 11.3 Å². The van der Waals surface area contributed by atoms with Crippen molar-refractivity contribution in [1.82, 2.24) is 9.97 Å². The van der Waals surface area contributed by atoms with Crippen molar-refractivity contribution in [2.75, 3.05) is 11.2 Å². The van der Waals surface area contributed by atoms with E-state index in [0.717, 1.165) is 36.0 Å². The molecule has 1 aromatic rings. The van der Waals surface area contributed by atoms with Gasteiger partial charge in [0.2, 0.25) is 0 Å². The molecule has 0 saturated carbocycles. The lowest BCUT2D eigenvalue weighted by molar-refractivity contribution is 0.659. The van der Waals surface area contributed by atoms with Crippen LogP contribution in [-0.2, 0) is 18.6 Å². The number of hydrogen-bond acceptors (Lipinski definition) is 5. The highest BCUT2D eigenvalue weighted by Gasteiger charge is 2.17. The molecule has 0 aromatic carbocycles. The number of aryl methyl sites for hydroxylation is 1. The number of nitrogens with one attached hydrogen (secondary N) is 1. The van der Waals surface area contributed by atoms with E-state index in [1.54, 1.807) is 0 Å². The number of nitrogen functional groups attached to an aromatic ring is 1. The molecule has 0 spiro atoms. The monoisotopic (exact) mass is 266 g/mol. The van der Waals surface area contributed by atoms with E-state index in [1.807, 2.05) is 11.8 Å². The number of hydrogen-bond donors (Lipinski definition) is 2. The minimum atomic E-state index is 0.708. The Hall–Kier alpha value is -0.810. The van der Waals surface area contributed by atoms with Gasteiger partial charge in [-0.05, 0) is 37.4 Å². The summed E-state index contributed by atoms with van der Waals surface area (Å²) in [6, 6.07) is 0. The molecular formula is C13H22N4S. The Kier molecular flexibility index (Phi) is 4.83. The third-order valence-electron chi connectivity index (χ3n) is 3.05. The smallest absolute Gasteiger partial charge is 0.147 e. The molecule has 0 fully saturated rings. The summed E-state index contributed by atoms with van der Waals surface area (Å²) in [5.74, 6) is 10.0. The van der Waals surface area contributed by atoms with E-state index in [-0.39, 0.29) is 0 Å². The van der Waals surface area contributed by atoms with Crippen LogP contribution in [0.1, 0.15) is 43.8 Å². The van der Waals surface area contributed by atoms with Crippen molar-refractivity contribution in [1.29, 1.82) is 0 Å². The van der Waals surface area contributed by atoms with Crippen molar-refractivity contribution >= 4 is 17.6 Å². The van der Waals surface area contributed by atoms with Gasteiger partial charge in [0.25, 0.3) is 0 Å². The first kappa shape index (κ1) is 13.6. The van der Waals surface area contributed by atoms with E-state index in [1.165, 1.54) is 24.1 Å². The molecule has 0 radical (unpaired) electrons. The van der Waals surface area contributed by atoms with E-state index in [4.69, 9.17) is 10.8 Å². The Balaban J connectivity index is 2.11. The molecular weight excluding hydrogens is 244 g/mol. The number of nitrogens with zero attached hydrogens (tertiary/aromatic N) is 2. The highest BCUT2D eigenvalue weighted by atomic mass is 32.2. The van der Waals surface area contributed by atoms with Crippen molar-refractivity contribution in [2.24, 2.45) is 11.8 Å². The zero-order chi connectivity index (χ0) is 13.0. The number of rotatable bonds is 5. The van der Waals surface area contributed by atoms with Crippen LogP contribution in [0.25, 0.3) is 0 Å². The third kappa shape index (κ3) is 3.36. The quantitative estimate of drug-likeness (QED) is 0.633. The number of nitrogens with two attached hydrogens (primary N) is 1. The Bertz CT molecular complexity index is 389. The standard InChI is InChI=1S/C13H22N4S/c1-9(2)7-18-8-12-15-11-6-4-3-5-10(11)13(16-12)17-14/h9H,3-8,14H2,1-2H3,(H,15,16,17). The van der Waals surface area contributed by atoms with Gasteiger partial charge in [0.05, 0.1) is 5.75 Å². The summed E-state index contributed by atoms with van der Waals surface area (Å²) in [5.41, 5.74) is 5.16. The van der Waals surface area contributed by atoms with Gasteiger partial charge in [-0.25, -0.2) is 15.8 Å². The molecule has 0 atom stereocenters. The summed E-state index contributed by atoms with van der Waals surface area (Å²) in [6.07, 6.45) is 4.56. The van der Waals surface area contributed by atoms with Crippen LogP contribution in [0.15, 0.2) is 0 Å². The van der Waals surface area contributed by atoms with Crippen molar-refractivity contribution in [3.63, 3.8) is 0 Å². The predicted molar refractivity (Wildman–Crippen MR) is 77.5 cm³/mol. The van der Waals surface area contributed by atoms with Crippen molar-refractivity contribution in [3.05, 3.63) is 17.1 Å². The zero-order valence-electron chi connectivity index (χ0n) is 11.2. The number of fused-ring (bicyclic) bond motifs is 1. The molecule has 0 unspecified atom stereocenters. The van der Waals surface area contributed by atoms with Gasteiger partial charge in [-0.2, -0.15) is 11.8 Å². The molecule has 5 heteroatoms. The van der Waals surface area contributed by atoms with E-state index in [2.05, 4.69) is 24.3 Å². The second-order valence-corrected chi connectivity index (χ2v) is 6.20. The van der Waals surface area contributed by atoms with Crippen LogP contribution in [0.2, 0.25) is 0 Å². The predicted octanol–water partition coefficient (Wildman–Crippen LogP) is 2.53. The summed E-state index contributed by atoms with van der Waals surface area (Å²) < 4.78 is 0. The third-order valence-corrected chi connectivity index (χ3v) is 4.41. The number of aromatic nitrogens is 2. The fraction of sp³-hybridized carbons (Fsp3) is 0.692. The van der Waals surface area contributed by atoms with Gasteiger partial charge in [0.1, 0.15) is 11.6 Å². The average molecular weight is 266 g/mol. The molecule has 1 aromatic heterocycles. The van der Waals surface area contributed by atoms with Crippen LogP contribution < -0.4 is 11.3 Å². The van der Waals surface area contributed by atoms with E-state index in [0.29, 0.717) is 5.92 Å². The first-order valence-electron chi connectivity index (χ1n) is 6.63. The first-order chi connectivity index (χ1) is 8.70. The molecule has 1 heterocycles. The van der Waals surface area contributed by atoms with E-state index in [9.17, 15) is 0 Å². The van der Waals surface area contributed by atoms with Crippen molar-refractivity contribution in [2.45, 2.75) is 45.3 Å². The number of anilines is 1. The molecule has 3 N–H and O–H groups in total. The fourth-order valence-electron chi connectivity index (χ4n) is 2.22. The molecule has 18 heavy (non-hydrogen) atoms. The minimum absolute atomic E-state index is 0.708. The molecule has 1 aliphatic carbocycles.